The van der Waals surface area contributed by atoms with Crippen LogP contribution in [0.3, 0.4) is 0 Å². The van der Waals surface area contributed by atoms with Crippen molar-refractivity contribution in [1.82, 2.24) is 4.90 Å². The van der Waals surface area contributed by atoms with Gasteiger partial charge in [-0.2, -0.15) is 0 Å². The molecule has 1 saturated carbocycles. The molecule has 0 aliphatic heterocycles. The average Bonchev–Trinajstić information content (AvgIpc) is 2.34. The van der Waals surface area contributed by atoms with Gasteiger partial charge in [0, 0.05) is 18.6 Å². The molecule has 110 valence electrons. The Kier molecular flexibility index (Phi) is 4.71. The third-order valence-corrected chi connectivity index (χ3v) is 4.46. The first kappa shape index (κ1) is 15.3. The van der Waals surface area contributed by atoms with Gasteiger partial charge >= 0.3 is 0 Å². The molecule has 1 unspecified atom stereocenters. The van der Waals surface area contributed by atoms with Gasteiger partial charge in [-0.05, 0) is 43.9 Å². The summed E-state index contributed by atoms with van der Waals surface area (Å²) in [5.41, 5.74) is 0.614. The number of carbonyl (C=O) groups excluding carboxylic acids is 1. The SMILES string of the molecule is CC(O)CCN(C)C(=O)C1(c2cccc(Cl)c2)CCC1. The van der Waals surface area contributed by atoms with E-state index in [0.29, 0.717) is 18.0 Å². The van der Waals surface area contributed by atoms with Crippen molar-refractivity contribution in [1.29, 1.82) is 0 Å². The number of likely N-dealkylation sites (N-methyl/N-ethyl adjacent to an activating group) is 1. The Hall–Kier alpha value is -1.06. The highest BCUT2D eigenvalue weighted by Crippen LogP contribution is 2.45. The van der Waals surface area contributed by atoms with Crippen molar-refractivity contribution in [2.75, 3.05) is 13.6 Å². The maximum Gasteiger partial charge on any atom is 0.232 e. The molecule has 0 heterocycles. The fourth-order valence-electron chi connectivity index (χ4n) is 2.79. The number of halogens is 1. The Morgan fingerprint density at radius 1 is 1.50 bits per heavy atom. The first-order valence-electron chi connectivity index (χ1n) is 7.15. The predicted molar refractivity (Wildman–Crippen MR) is 80.9 cm³/mol. The highest BCUT2D eigenvalue weighted by Gasteiger charge is 2.46. The molecule has 0 radical (unpaired) electrons. The summed E-state index contributed by atoms with van der Waals surface area (Å²) in [7, 11) is 1.81. The summed E-state index contributed by atoms with van der Waals surface area (Å²) in [6, 6.07) is 7.63. The second-order valence-corrected chi connectivity index (χ2v) is 6.25. The van der Waals surface area contributed by atoms with Crippen LogP contribution in [0.4, 0.5) is 0 Å². The lowest BCUT2D eigenvalue weighted by atomic mass is 9.63. The van der Waals surface area contributed by atoms with Gasteiger partial charge in [-0.3, -0.25) is 4.79 Å². The number of aliphatic hydroxyl groups excluding tert-OH is 1. The molecule has 1 atom stereocenters. The molecule has 0 aromatic heterocycles. The molecule has 1 aliphatic carbocycles. The van der Waals surface area contributed by atoms with Crippen molar-refractivity contribution < 1.29 is 9.90 Å². The van der Waals surface area contributed by atoms with Gasteiger partial charge in [0.15, 0.2) is 0 Å². The van der Waals surface area contributed by atoms with Crippen molar-refractivity contribution in [3.05, 3.63) is 34.9 Å². The molecule has 4 heteroatoms. The van der Waals surface area contributed by atoms with Crippen LogP contribution in [0.2, 0.25) is 5.02 Å². The van der Waals surface area contributed by atoms with E-state index >= 15 is 0 Å². The van der Waals surface area contributed by atoms with Gasteiger partial charge in [-0.15, -0.1) is 0 Å². The molecule has 1 fully saturated rings. The standard InChI is InChI=1S/C16H22ClNO2/c1-12(19)7-10-18(2)15(20)16(8-4-9-16)13-5-3-6-14(17)11-13/h3,5-6,11-12,19H,4,7-10H2,1-2H3. The molecule has 0 spiro atoms. The summed E-state index contributed by atoms with van der Waals surface area (Å²) in [4.78, 5) is 14.5. The Labute approximate surface area is 125 Å². The molecule has 1 aromatic rings. The molecule has 2 rings (SSSR count). The van der Waals surface area contributed by atoms with E-state index in [1.807, 2.05) is 31.3 Å². The highest BCUT2D eigenvalue weighted by molar-refractivity contribution is 6.30. The van der Waals surface area contributed by atoms with E-state index in [9.17, 15) is 9.90 Å². The van der Waals surface area contributed by atoms with E-state index in [1.54, 1.807) is 11.8 Å². The quantitative estimate of drug-likeness (QED) is 0.907. The van der Waals surface area contributed by atoms with Crippen LogP contribution in [0.25, 0.3) is 0 Å². The summed E-state index contributed by atoms with van der Waals surface area (Å²) in [6.45, 7) is 2.33. The number of hydrogen-bond donors (Lipinski definition) is 1. The van der Waals surface area contributed by atoms with E-state index in [-0.39, 0.29) is 12.0 Å². The summed E-state index contributed by atoms with van der Waals surface area (Å²) in [5.74, 6) is 0.145. The van der Waals surface area contributed by atoms with Crippen LogP contribution in [0, 0.1) is 0 Å². The lowest BCUT2D eigenvalue weighted by Gasteiger charge is -2.43. The zero-order chi connectivity index (χ0) is 14.8. The van der Waals surface area contributed by atoms with Crippen LogP contribution in [0.1, 0.15) is 38.2 Å². The Balaban J connectivity index is 2.16. The molecule has 0 saturated heterocycles. The molecule has 1 amide bonds. The number of aliphatic hydroxyl groups is 1. The lowest BCUT2D eigenvalue weighted by Crippen LogP contribution is -2.50. The van der Waals surface area contributed by atoms with Crippen molar-refractivity contribution >= 4 is 17.5 Å². The zero-order valence-electron chi connectivity index (χ0n) is 12.1. The lowest BCUT2D eigenvalue weighted by molar-refractivity contribution is -0.139. The highest BCUT2D eigenvalue weighted by atomic mass is 35.5. The Morgan fingerprint density at radius 2 is 2.20 bits per heavy atom. The minimum Gasteiger partial charge on any atom is -0.393 e. The predicted octanol–water partition coefficient (Wildman–Crippen LogP) is 2.99. The van der Waals surface area contributed by atoms with Crippen molar-refractivity contribution in [3.8, 4) is 0 Å². The number of benzene rings is 1. The van der Waals surface area contributed by atoms with Crippen LogP contribution in [-0.2, 0) is 10.2 Å². The van der Waals surface area contributed by atoms with E-state index in [4.69, 9.17) is 11.6 Å². The Bertz CT molecular complexity index is 483. The average molecular weight is 296 g/mol. The molecule has 1 aromatic carbocycles. The topological polar surface area (TPSA) is 40.5 Å². The summed E-state index contributed by atoms with van der Waals surface area (Å²) in [6.07, 6.45) is 3.06. The van der Waals surface area contributed by atoms with E-state index in [0.717, 1.165) is 24.8 Å². The molecule has 1 aliphatic rings. The fraction of sp³-hybridized carbons (Fsp3) is 0.562. The first-order chi connectivity index (χ1) is 9.45. The molecule has 3 nitrogen and oxygen atoms in total. The summed E-state index contributed by atoms with van der Waals surface area (Å²) >= 11 is 6.06. The molecular weight excluding hydrogens is 274 g/mol. The third kappa shape index (κ3) is 2.99. The van der Waals surface area contributed by atoms with E-state index < -0.39 is 5.41 Å². The normalized spacial score (nSPS) is 18.2. The van der Waals surface area contributed by atoms with Crippen molar-refractivity contribution in [2.45, 2.75) is 44.1 Å². The van der Waals surface area contributed by atoms with Gasteiger partial charge in [0.25, 0.3) is 0 Å². The van der Waals surface area contributed by atoms with Crippen molar-refractivity contribution in [3.63, 3.8) is 0 Å². The minimum absolute atomic E-state index is 0.145. The smallest absolute Gasteiger partial charge is 0.232 e. The van der Waals surface area contributed by atoms with Crippen LogP contribution in [-0.4, -0.2) is 35.6 Å². The Morgan fingerprint density at radius 3 is 2.70 bits per heavy atom. The summed E-state index contributed by atoms with van der Waals surface area (Å²) in [5, 5.41) is 10.0. The van der Waals surface area contributed by atoms with Gasteiger partial charge < -0.3 is 10.0 Å². The van der Waals surface area contributed by atoms with Crippen LogP contribution in [0.15, 0.2) is 24.3 Å². The van der Waals surface area contributed by atoms with E-state index in [1.165, 1.54) is 0 Å². The number of carbonyl (C=O) groups is 1. The van der Waals surface area contributed by atoms with Gasteiger partial charge in [0.2, 0.25) is 5.91 Å². The number of rotatable bonds is 5. The second-order valence-electron chi connectivity index (χ2n) is 5.81. The monoisotopic (exact) mass is 295 g/mol. The molecule has 0 bridgehead atoms. The maximum atomic E-state index is 12.8. The number of hydrogen-bond acceptors (Lipinski definition) is 2. The summed E-state index contributed by atoms with van der Waals surface area (Å²) < 4.78 is 0. The van der Waals surface area contributed by atoms with Crippen LogP contribution in [0.5, 0.6) is 0 Å². The minimum atomic E-state index is -0.404. The van der Waals surface area contributed by atoms with Crippen LogP contribution >= 0.6 is 11.6 Å². The fourth-order valence-corrected chi connectivity index (χ4v) is 2.98. The van der Waals surface area contributed by atoms with E-state index in [2.05, 4.69) is 0 Å². The molecule has 20 heavy (non-hydrogen) atoms. The molecule has 1 N–H and O–H groups in total. The van der Waals surface area contributed by atoms with Gasteiger partial charge in [-0.1, -0.05) is 30.2 Å². The number of amides is 1. The van der Waals surface area contributed by atoms with Crippen LogP contribution < -0.4 is 0 Å². The second kappa shape index (κ2) is 6.15. The number of nitrogens with zero attached hydrogens (tertiary/aromatic N) is 1. The molecular formula is C16H22ClNO2. The van der Waals surface area contributed by atoms with Gasteiger partial charge in [0.05, 0.1) is 11.5 Å². The first-order valence-corrected chi connectivity index (χ1v) is 7.53. The largest absolute Gasteiger partial charge is 0.393 e. The van der Waals surface area contributed by atoms with Crippen molar-refractivity contribution in [2.24, 2.45) is 0 Å². The van der Waals surface area contributed by atoms with Gasteiger partial charge in [0.1, 0.15) is 0 Å². The van der Waals surface area contributed by atoms with Gasteiger partial charge in [-0.25, -0.2) is 0 Å². The maximum absolute atomic E-state index is 12.8. The zero-order valence-corrected chi connectivity index (χ0v) is 12.9. The third-order valence-electron chi connectivity index (χ3n) is 4.22.